The Bertz CT molecular complexity index is 772. The van der Waals surface area contributed by atoms with Gasteiger partial charge in [-0.3, -0.25) is 9.89 Å². The minimum absolute atomic E-state index is 0. The van der Waals surface area contributed by atoms with Gasteiger partial charge in [-0.05, 0) is 56.7 Å². The maximum atomic E-state index is 4.43. The van der Waals surface area contributed by atoms with Crippen molar-refractivity contribution in [1.82, 2.24) is 20.4 Å². The minimum atomic E-state index is 0. The van der Waals surface area contributed by atoms with Gasteiger partial charge < -0.3 is 15.5 Å². The third-order valence-electron chi connectivity index (χ3n) is 5.40. The van der Waals surface area contributed by atoms with Gasteiger partial charge in [-0.1, -0.05) is 54.6 Å². The van der Waals surface area contributed by atoms with E-state index < -0.39 is 0 Å². The van der Waals surface area contributed by atoms with E-state index in [2.05, 4.69) is 94.1 Å². The summed E-state index contributed by atoms with van der Waals surface area (Å²) in [7, 11) is 6.03. The molecule has 1 aliphatic heterocycles. The number of hydrogen-bond acceptors (Lipinski definition) is 3. The molecule has 0 bridgehead atoms. The van der Waals surface area contributed by atoms with Crippen LogP contribution in [0.1, 0.15) is 35.6 Å². The van der Waals surface area contributed by atoms with Crippen molar-refractivity contribution in [3.05, 3.63) is 71.3 Å². The second-order valence-electron chi connectivity index (χ2n) is 8.03. The lowest BCUT2D eigenvalue weighted by Gasteiger charge is -2.29. The topological polar surface area (TPSA) is 42.9 Å². The van der Waals surface area contributed by atoms with Crippen molar-refractivity contribution in [2.24, 2.45) is 4.99 Å². The fourth-order valence-corrected chi connectivity index (χ4v) is 3.99. The first-order valence-corrected chi connectivity index (χ1v) is 10.6. The molecule has 164 valence electrons. The van der Waals surface area contributed by atoms with Crippen LogP contribution >= 0.6 is 24.0 Å². The lowest BCUT2D eigenvalue weighted by molar-refractivity contribution is 0.245. The molecule has 2 aromatic carbocycles. The van der Waals surface area contributed by atoms with Crippen LogP contribution in [0.4, 0.5) is 0 Å². The van der Waals surface area contributed by atoms with Gasteiger partial charge in [-0.25, -0.2) is 0 Å². The summed E-state index contributed by atoms with van der Waals surface area (Å²) in [6.07, 6.45) is 2.58. The van der Waals surface area contributed by atoms with Gasteiger partial charge in [0.1, 0.15) is 0 Å². The maximum absolute atomic E-state index is 4.43. The number of hydrogen-bond donors (Lipinski definition) is 2. The number of likely N-dealkylation sites (tertiary alicyclic amines) is 1. The summed E-state index contributed by atoms with van der Waals surface area (Å²) < 4.78 is 0. The SMILES string of the molecule is CN=C(NCc1cccc(CN(C)C)c1)NCC(c1ccccc1)N1CCCC1.I. The first-order valence-electron chi connectivity index (χ1n) is 10.6. The summed E-state index contributed by atoms with van der Waals surface area (Å²) in [5.41, 5.74) is 3.97. The molecule has 0 spiro atoms. The predicted molar refractivity (Wildman–Crippen MR) is 137 cm³/mol. The van der Waals surface area contributed by atoms with Gasteiger partial charge in [0.15, 0.2) is 5.96 Å². The second kappa shape index (κ2) is 12.9. The minimum Gasteiger partial charge on any atom is -0.354 e. The smallest absolute Gasteiger partial charge is 0.191 e. The lowest BCUT2D eigenvalue weighted by Crippen LogP contribution is -2.42. The molecule has 0 amide bonds. The zero-order valence-corrected chi connectivity index (χ0v) is 20.8. The van der Waals surface area contributed by atoms with Crippen molar-refractivity contribution < 1.29 is 0 Å². The van der Waals surface area contributed by atoms with E-state index in [0.29, 0.717) is 6.04 Å². The highest BCUT2D eigenvalue weighted by Gasteiger charge is 2.23. The number of benzene rings is 2. The monoisotopic (exact) mass is 521 g/mol. The highest BCUT2D eigenvalue weighted by molar-refractivity contribution is 14.0. The van der Waals surface area contributed by atoms with Gasteiger partial charge in [-0.2, -0.15) is 0 Å². The van der Waals surface area contributed by atoms with E-state index in [4.69, 9.17) is 0 Å². The van der Waals surface area contributed by atoms with E-state index in [0.717, 1.165) is 25.6 Å². The summed E-state index contributed by atoms with van der Waals surface area (Å²) in [4.78, 5) is 9.21. The molecule has 1 atom stereocenters. The number of halogens is 1. The third kappa shape index (κ3) is 7.56. The molecule has 0 aliphatic carbocycles. The summed E-state index contributed by atoms with van der Waals surface area (Å²) in [6, 6.07) is 19.9. The molecule has 1 aliphatic rings. The first kappa shape index (κ1) is 24.6. The summed E-state index contributed by atoms with van der Waals surface area (Å²) in [5.74, 6) is 0.850. The molecule has 0 aromatic heterocycles. The summed E-state index contributed by atoms with van der Waals surface area (Å²) in [6.45, 7) is 4.91. The molecule has 5 nitrogen and oxygen atoms in total. The van der Waals surface area contributed by atoms with E-state index >= 15 is 0 Å². The normalized spacial score (nSPS) is 15.7. The molecule has 1 unspecified atom stereocenters. The number of aliphatic imine (C=N–C) groups is 1. The third-order valence-corrected chi connectivity index (χ3v) is 5.40. The Morgan fingerprint density at radius 3 is 2.37 bits per heavy atom. The van der Waals surface area contributed by atoms with Crippen molar-refractivity contribution in [3.8, 4) is 0 Å². The summed E-state index contributed by atoms with van der Waals surface area (Å²) in [5, 5.41) is 7.02. The van der Waals surface area contributed by atoms with Crippen LogP contribution in [-0.2, 0) is 13.1 Å². The zero-order valence-electron chi connectivity index (χ0n) is 18.5. The number of nitrogens with zero attached hydrogens (tertiary/aromatic N) is 3. The fourth-order valence-electron chi connectivity index (χ4n) is 3.99. The molecule has 30 heavy (non-hydrogen) atoms. The predicted octanol–water partition coefficient (Wildman–Crippen LogP) is 3.87. The molecular formula is C24H36IN5. The standard InChI is InChI=1S/C24H35N5.HI/c1-25-24(26-17-20-10-9-11-21(16-20)19-28(2)3)27-18-23(29-14-7-8-15-29)22-12-5-4-6-13-22;/h4-6,9-13,16,23H,7-8,14-15,17-19H2,1-3H3,(H2,25,26,27);1H. The molecule has 1 heterocycles. The highest BCUT2D eigenvalue weighted by Crippen LogP contribution is 2.24. The molecule has 1 saturated heterocycles. The van der Waals surface area contributed by atoms with E-state index in [9.17, 15) is 0 Å². The van der Waals surface area contributed by atoms with Crippen molar-refractivity contribution in [2.45, 2.75) is 32.0 Å². The van der Waals surface area contributed by atoms with Crippen LogP contribution in [0, 0.1) is 0 Å². The molecule has 2 aromatic rings. The van der Waals surface area contributed by atoms with Gasteiger partial charge in [0, 0.05) is 26.7 Å². The van der Waals surface area contributed by atoms with Crippen molar-refractivity contribution in [3.63, 3.8) is 0 Å². The Hall–Kier alpha value is -1.64. The second-order valence-corrected chi connectivity index (χ2v) is 8.03. The van der Waals surface area contributed by atoms with Crippen LogP contribution in [-0.4, -0.2) is 56.5 Å². The number of guanidine groups is 1. The Morgan fingerprint density at radius 2 is 1.70 bits per heavy atom. The van der Waals surface area contributed by atoms with Crippen LogP contribution in [0.5, 0.6) is 0 Å². The van der Waals surface area contributed by atoms with E-state index in [1.54, 1.807) is 0 Å². The number of rotatable bonds is 8. The van der Waals surface area contributed by atoms with Crippen LogP contribution in [0.15, 0.2) is 59.6 Å². The van der Waals surface area contributed by atoms with E-state index in [1.807, 2.05) is 7.05 Å². The molecule has 6 heteroatoms. The lowest BCUT2D eigenvalue weighted by atomic mass is 10.1. The first-order chi connectivity index (χ1) is 14.2. The average molecular weight is 521 g/mol. The Morgan fingerprint density at radius 1 is 1.00 bits per heavy atom. The van der Waals surface area contributed by atoms with Crippen LogP contribution in [0.25, 0.3) is 0 Å². The molecule has 2 N–H and O–H groups in total. The summed E-state index contributed by atoms with van der Waals surface area (Å²) >= 11 is 0. The van der Waals surface area contributed by atoms with Gasteiger partial charge in [0.05, 0.1) is 6.04 Å². The molecule has 0 saturated carbocycles. The zero-order chi connectivity index (χ0) is 20.5. The van der Waals surface area contributed by atoms with E-state index in [-0.39, 0.29) is 24.0 Å². The molecular weight excluding hydrogens is 485 g/mol. The van der Waals surface area contributed by atoms with Gasteiger partial charge >= 0.3 is 0 Å². The van der Waals surface area contributed by atoms with Crippen molar-refractivity contribution >= 4 is 29.9 Å². The van der Waals surface area contributed by atoms with Crippen LogP contribution < -0.4 is 10.6 Å². The Kier molecular flexibility index (Phi) is 10.6. The van der Waals surface area contributed by atoms with Crippen LogP contribution in [0.3, 0.4) is 0 Å². The van der Waals surface area contributed by atoms with Gasteiger partial charge in [0.25, 0.3) is 0 Å². The van der Waals surface area contributed by atoms with E-state index in [1.165, 1.54) is 42.6 Å². The molecule has 3 rings (SSSR count). The maximum Gasteiger partial charge on any atom is 0.191 e. The Balaban J connectivity index is 0.00000320. The van der Waals surface area contributed by atoms with Crippen molar-refractivity contribution in [1.29, 1.82) is 0 Å². The van der Waals surface area contributed by atoms with Gasteiger partial charge in [0.2, 0.25) is 0 Å². The van der Waals surface area contributed by atoms with Crippen molar-refractivity contribution in [2.75, 3.05) is 40.8 Å². The number of nitrogens with one attached hydrogen (secondary N) is 2. The fraction of sp³-hybridized carbons (Fsp3) is 0.458. The van der Waals surface area contributed by atoms with Crippen LogP contribution in [0.2, 0.25) is 0 Å². The molecule has 1 fully saturated rings. The highest BCUT2D eigenvalue weighted by atomic mass is 127. The average Bonchev–Trinajstić information content (AvgIpc) is 3.25. The molecule has 0 radical (unpaired) electrons. The Labute approximate surface area is 199 Å². The quantitative estimate of drug-likeness (QED) is 0.315. The van der Waals surface area contributed by atoms with Gasteiger partial charge in [-0.15, -0.1) is 24.0 Å². The largest absolute Gasteiger partial charge is 0.354 e.